The van der Waals surface area contributed by atoms with E-state index in [2.05, 4.69) is 0 Å². The first-order valence-corrected chi connectivity index (χ1v) is 5.63. The lowest BCUT2D eigenvalue weighted by Crippen LogP contribution is -2.19. The molecule has 0 spiro atoms. The van der Waals surface area contributed by atoms with Gasteiger partial charge in [-0.1, -0.05) is 36.4 Å². The predicted molar refractivity (Wildman–Crippen MR) is 64.7 cm³/mol. The highest BCUT2D eigenvalue weighted by molar-refractivity contribution is 5.85. The van der Waals surface area contributed by atoms with Crippen LogP contribution in [0.2, 0.25) is 0 Å². The number of aliphatic carboxylic acids is 1. The Morgan fingerprint density at radius 2 is 2.18 bits per heavy atom. The molecule has 1 fully saturated rings. The molecule has 0 amide bonds. The van der Waals surface area contributed by atoms with Crippen molar-refractivity contribution >= 4 is 18.3 Å². The third-order valence-corrected chi connectivity index (χ3v) is 3.14. The molecule has 3 heteroatoms. The lowest BCUT2D eigenvalue weighted by molar-refractivity contribution is -0.140. The molecule has 0 heterocycles. The zero-order valence-corrected chi connectivity index (χ0v) is 9.43. The van der Waals surface area contributed by atoms with Crippen molar-refractivity contribution < 1.29 is 14.7 Å². The minimum absolute atomic E-state index is 0.383. The molecule has 0 saturated heterocycles. The summed E-state index contributed by atoms with van der Waals surface area (Å²) >= 11 is 0. The van der Waals surface area contributed by atoms with Gasteiger partial charge in [-0.05, 0) is 24.0 Å². The number of carboxylic acids is 1. The van der Waals surface area contributed by atoms with Gasteiger partial charge >= 0.3 is 5.97 Å². The van der Waals surface area contributed by atoms with E-state index in [0.717, 1.165) is 17.4 Å². The van der Waals surface area contributed by atoms with Crippen LogP contribution in [-0.2, 0) is 15.0 Å². The van der Waals surface area contributed by atoms with Crippen LogP contribution in [0.15, 0.2) is 30.3 Å². The molecule has 88 valence electrons. The molecule has 0 aliphatic heterocycles. The van der Waals surface area contributed by atoms with Crippen molar-refractivity contribution in [2.75, 3.05) is 0 Å². The van der Waals surface area contributed by atoms with Gasteiger partial charge in [0.25, 0.3) is 0 Å². The second-order valence-corrected chi connectivity index (χ2v) is 4.32. The monoisotopic (exact) mass is 230 g/mol. The van der Waals surface area contributed by atoms with Gasteiger partial charge in [-0.15, -0.1) is 0 Å². The van der Waals surface area contributed by atoms with Crippen LogP contribution >= 0.6 is 0 Å². The number of aldehydes is 1. The molecule has 1 saturated carbocycles. The van der Waals surface area contributed by atoms with Crippen molar-refractivity contribution in [3.05, 3.63) is 41.5 Å². The van der Waals surface area contributed by atoms with Crippen molar-refractivity contribution in [2.45, 2.75) is 24.7 Å². The average molecular weight is 230 g/mol. The number of allylic oxidation sites excluding steroid dienone is 1. The van der Waals surface area contributed by atoms with E-state index in [1.54, 1.807) is 6.08 Å². The standard InChI is InChI=1S/C14H14O3/c15-9-2-1-4-11-5-3-6-12(10-11)14(7-8-14)13(16)17/h1,3-6,9-10H,2,7-8H2,(H,16,17). The van der Waals surface area contributed by atoms with E-state index in [-0.39, 0.29) is 0 Å². The fourth-order valence-electron chi connectivity index (χ4n) is 1.95. The summed E-state index contributed by atoms with van der Waals surface area (Å²) in [6.07, 6.45) is 6.25. The van der Waals surface area contributed by atoms with E-state index in [9.17, 15) is 14.7 Å². The summed E-state index contributed by atoms with van der Waals surface area (Å²) in [5.41, 5.74) is 1.14. The Labute approximate surface area is 99.8 Å². The molecule has 0 bridgehead atoms. The molecule has 2 rings (SSSR count). The quantitative estimate of drug-likeness (QED) is 0.790. The molecular formula is C14H14O3. The van der Waals surface area contributed by atoms with Crippen molar-refractivity contribution in [1.82, 2.24) is 0 Å². The van der Waals surface area contributed by atoms with Gasteiger partial charge in [0.05, 0.1) is 5.41 Å². The van der Waals surface area contributed by atoms with Crippen LogP contribution in [0.4, 0.5) is 0 Å². The number of hydrogen-bond acceptors (Lipinski definition) is 2. The Morgan fingerprint density at radius 3 is 2.76 bits per heavy atom. The maximum Gasteiger partial charge on any atom is 0.314 e. The van der Waals surface area contributed by atoms with Crippen LogP contribution in [0.25, 0.3) is 6.08 Å². The molecular weight excluding hydrogens is 216 g/mol. The summed E-state index contributed by atoms with van der Waals surface area (Å²) in [7, 11) is 0. The summed E-state index contributed by atoms with van der Waals surface area (Å²) < 4.78 is 0. The zero-order chi connectivity index (χ0) is 12.3. The maximum absolute atomic E-state index is 11.2. The van der Waals surface area contributed by atoms with Gasteiger partial charge in [0.15, 0.2) is 0 Å². The summed E-state index contributed by atoms with van der Waals surface area (Å²) in [5, 5.41) is 9.20. The SMILES string of the molecule is O=CCC=Cc1cccc(C2(C(=O)O)CC2)c1. The molecule has 1 aliphatic rings. The smallest absolute Gasteiger partial charge is 0.314 e. The summed E-state index contributed by atoms with van der Waals surface area (Å²) in [5.74, 6) is -0.744. The van der Waals surface area contributed by atoms with Crippen LogP contribution < -0.4 is 0 Å². The van der Waals surface area contributed by atoms with E-state index in [1.807, 2.05) is 30.3 Å². The Balaban J connectivity index is 2.23. The van der Waals surface area contributed by atoms with Gasteiger partial charge < -0.3 is 9.90 Å². The summed E-state index contributed by atoms with van der Waals surface area (Å²) in [4.78, 5) is 21.4. The van der Waals surface area contributed by atoms with Gasteiger partial charge in [0.2, 0.25) is 0 Å². The molecule has 0 unspecified atom stereocenters. The highest BCUT2D eigenvalue weighted by Gasteiger charge is 2.51. The first-order valence-electron chi connectivity index (χ1n) is 5.63. The largest absolute Gasteiger partial charge is 0.481 e. The zero-order valence-electron chi connectivity index (χ0n) is 9.43. The van der Waals surface area contributed by atoms with Crippen LogP contribution in [0, 0.1) is 0 Å². The molecule has 1 N–H and O–H groups in total. The number of carbonyl (C=O) groups excluding carboxylic acids is 1. The topological polar surface area (TPSA) is 54.4 Å². The van der Waals surface area contributed by atoms with Crippen LogP contribution in [-0.4, -0.2) is 17.4 Å². The van der Waals surface area contributed by atoms with E-state index in [0.29, 0.717) is 19.3 Å². The fourth-order valence-corrected chi connectivity index (χ4v) is 1.95. The van der Waals surface area contributed by atoms with Gasteiger partial charge in [-0.2, -0.15) is 0 Å². The minimum atomic E-state index is -0.744. The van der Waals surface area contributed by atoms with Crippen molar-refractivity contribution in [3.63, 3.8) is 0 Å². The first-order chi connectivity index (χ1) is 8.19. The number of benzene rings is 1. The Kier molecular flexibility index (Phi) is 3.09. The number of rotatable bonds is 5. The van der Waals surface area contributed by atoms with Crippen LogP contribution in [0.3, 0.4) is 0 Å². The van der Waals surface area contributed by atoms with Crippen LogP contribution in [0.5, 0.6) is 0 Å². The number of carboxylic acid groups (broad SMARTS) is 1. The highest BCUT2D eigenvalue weighted by atomic mass is 16.4. The van der Waals surface area contributed by atoms with E-state index >= 15 is 0 Å². The molecule has 3 nitrogen and oxygen atoms in total. The van der Waals surface area contributed by atoms with Crippen molar-refractivity contribution in [1.29, 1.82) is 0 Å². The molecule has 0 atom stereocenters. The van der Waals surface area contributed by atoms with Crippen molar-refractivity contribution in [2.24, 2.45) is 0 Å². The van der Waals surface area contributed by atoms with Gasteiger partial charge in [-0.3, -0.25) is 4.79 Å². The lowest BCUT2D eigenvalue weighted by atomic mass is 9.94. The molecule has 1 aromatic rings. The lowest BCUT2D eigenvalue weighted by Gasteiger charge is -2.10. The van der Waals surface area contributed by atoms with Gasteiger partial charge in [0.1, 0.15) is 6.29 Å². The second-order valence-electron chi connectivity index (χ2n) is 4.32. The van der Waals surface area contributed by atoms with Crippen LogP contribution in [0.1, 0.15) is 30.4 Å². The molecule has 1 aliphatic carbocycles. The van der Waals surface area contributed by atoms with Gasteiger partial charge in [-0.25, -0.2) is 0 Å². The third-order valence-electron chi connectivity index (χ3n) is 3.14. The second kappa shape index (κ2) is 4.53. The van der Waals surface area contributed by atoms with E-state index < -0.39 is 11.4 Å². The maximum atomic E-state index is 11.2. The van der Waals surface area contributed by atoms with E-state index in [1.165, 1.54) is 0 Å². The summed E-state index contributed by atoms with van der Waals surface area (Å²) in [6.45, 7) is 0. The minimum Gasteiger partial charge on any atom is -0.481 e. The summed E-state index contributed by atoms with van der Waals surface area (Å²) in [6, 6.07) is 7.52. The third kappa shape index (κ3) is 2.28. The first kappa shape index (κ1) is 11.6. The number of hydrogen-bond donors (Lipinski definition) is 1. The van der Waals surface area contributed by atoms with E-state index in [4.69, 9.17) is 0 Å². The highest BCUT2D eigenvalue weighted by Crippen LogP contribution is 2.48. The fraction of sp³-hybridized carbons (Fsp3) is 0.286. The molecule has 1 aromatic carbocycles. The van der Waals surface area contributed by atoms with Gasteiger partial charge in [0, 0.05) is 6.42 Å². The van der Waals surface area contributed by atoms with Crippen molar-refractivity contribution in [3.8, 4) is 0 Å². The number of carbonyl (C=O) groups is 2. The Hall–Kier alpha value is -1.90. The normalized spacial score (nSPS) is 16.9. The predicted octanol–water partition coefficient (Wildman–Crippen LogP) is 2.41. The molecule has 0 radical (unpaired) electrons. The Morgan fingerprint density at radius 1 is 1.41 bits per heavy atom. The average Bonchev–Trinajstić information content (AvgIpc) is 3.11. The molecule has 0 aromatic heterocycles. The Bertz CT molecular complexity index is 470. The molecule has 17 heavy (non-hydrogen) atoms.